The molecule has 4 rings (SSSR count). The maximum Gasteiger partial charge on any atom is 0.261 e. The zero-order valence-corrected chi connectivity index (χ0v) is 14.2. The van der Waals surface area contributed by atoms with Gasteiger partial charge in [-0.3, -0.25) is 4.79 Å². The Morgan fingerprint density at radius 2 is 2.08 bits per heavy atom. The van der Waals surface area contributed by atoms with Crippen LogP contribution in [-0.2, 0) is 11.2 Å². The number of aryl methyl sites for hydroxylation is 1. The van der Waals surface area contributed by atoms with Crippen molar-refractivity contribution in [3.63, 3.8) is 0 Å². The molecule has 7 heteroatoms. The number of ether oxygens (including phenoxy) is 1. The Balaban J connectivity index is 1.30. The lowest BCUT2D eigenvalue weighted by Gasteiger charge is -2.33. The summed E-state index contributed by atoms with van der Waals surface area (Å²) in [5, 5.41) is 3.16. The molecule has 6 nitrogen and oxygen atoms in total. The molecule has 0 saturated carbocycles. The van der Waals surface area contributed by atoms with Crippen LogP contribution < -0.4 is 15.0 Å². The van der Waals surface area contributed by atoms with Crippen molar-refractivity contribution in [3.05, 3.63) is 36.0 Å². The number of anilines is 1. The molecule has 24 heavy (non-hydrogen) atoms. The van der Waals surface area contributed by atoms with E-state index in [1.54, 1.807) is 6.20 Å². The molecule has 1 fully saturated rings. The van der Waals surface area contributed by atoms with E-state index in [0.717, 1.165) is 50.3 Å². The van der Waals surface area contributed by atoms with Gasteiger partial charge in [0.1, 0.15) is 5.75 Å². The lowest BCUT2D eigenvalue weighted by Crippen LogP contribution is -2.49. The lowest BCUT2D eigenvalue weighted by atomic mass is 10.0. The summed E-state index contributed by atoms with van der Waals surface area (Å²) in [6.07, 6.45) is 4.91. The van der Waals surface area contributed by atoms with E-state index in [1.807, 2.05) is 18.2 Å². The molecule has 2 aliphatic heterocycles. The van der Waals surface area contributed by atoms with E-state index >= 15 is 0 Å². The molecule has 3 heterocycles. The molecular weight excluding hydrogens is 324 g/mol. The fraction of sp³-hybridized carbons (Fsp3) is 0.471. The minimum Gasteiger partial charge on any atom is -0.480 e. The first-order valence-corrected chi connectivity index (χ1v) is 9.10. The number of carbonyl (C=O) groups excluding carboxylic acids is 1. The Labute approximate surface area is 145 Å². The van der Waals surface area contributed by atoms with Crippen molar-refractivity contribution >= 4 is 23.5 Å². The molecule has 0 radical (unpaired) electrons. The summed E-state index contributed by atoms with van der Waals surface area (Å²) < 4.78 is 14.2. The van der Waals surface area contributed by atoms with Crippen LogP contribution in [0.4, 0.5) is 5.82 Å². The quantitative estimate of drug-likeness (QED) is 0.923. The highest BCUT2D eigenvalue weighted by Gasteiger charge is 2.29. The van der Waals surface area contributed by atoms with Gasteiger partial charge in [-0.05, 0) is 37.3 Å². The Bertz CT molecular complexity index is 698. The number of para-hydroxylation sites is 1. The number of hydrogen-bond donors (Lipinski definition) is 1. The third-order valence-corrected chi connectivity index (χ3v) is 5.19. The second-order valence-corrected chi connectivity index (χ2v) is 6.85. The monoisotopic (exact) mass is 344 g/mol. The van der Waals surface area contributed by atoms with E-state index in [4.69, 9.17) is 4.74 Å². The Morgan fingerprint density at radius 3 is 2.88 bits per heavy atom. The first kappa shape index (κ1) is 15.4. The van der Waals surface area contributed by atoms with Crippen LogP contribution in [-0.4, -0.2) is 39.9 Å². The maximum atomic E-state index is 12.5. The van der Waals surface area contributed by atoms with Crippen molar-refractivity contribution in [2.45, 2.75) is 37.8 Å². The molecule has 0 spiro atoms. The molecule has 1 atom stereocenters. The maximum absolute atomic E-state index is 12.5. The van der Waals surface area contributed by atoms with E-state index in [9.17, 15) is 4.79 Å². The zero-order chi connectivity index (χ0) is 16.4. The third-order valence-electron chi connectivity index (χ3n) is 4.73. The molecule has 0 aliphatic carbocycles. The topological polar surface area (TPSA) is 67.4 Å². The fourth-order valence-electron chi connectivity index (χ4n) is 3.35. The van der Waals surface area contributed by atoms with E-state index in [2.05, 4.69) is 25.0 Å². The summed E-state index contributed by atoms with van der Waals surface area (Å²) in [4.78, 5) is 14.7. The van der Waals surface area contributed by atoms with Gasteiger partial charge in [-0.2, -0.15) is 8.75 Å². The van der Waals surface area contributed by atoms with E-state index in [0.29, 0.717) is 0 Å². The van der Waals surface area contributed by atoms with Crippen LogP contribution in [0.2, 0.25) is 0 Å². The van der Waals surface area contributed by atoms with Gasteiger partial charge in [0.2, 0.25) is 0 Å². The molecule has 1 N–H and O–H groups in total. The minimum atomic E-state index is -0.374. The summed E-state index contributed by atoms with van der Waals surface area (Å²) in [6.45, 7) is 1.79. The summed E-state index contributed by atoms with van der Waals surface area (Å²) in [7, 11) is 0. The van der Waals surface area contributed by atoms with Crippen LogP contribution in [0.1, 0.15) is 24.8 Å². The van der Waals surface area contributed by atoms with Crippen LogP contribution in [0.5, 0.6) is 5.75 Å². The van der Waals surface area contributed by atoms with Crippen molar-refractivity contribution in [1.82, 2.24) is 14.1 Å². The van der Waals surface area contributed by atoms with Crippen LogP contribution in [0.25, 0.3) is 0 Å². The predicted octanol–water partition coefficient (Wildman–Crippen LogP) is 2.02. The van der Waals surface area contributed by atoms with Gasteiger partial charge in [-0.15, -0.1) is 0 Å². The van der Waals surface area contributed by atoms with Crippen LogP contribution in [0, 0.1) is 0 Å². The number of aromatic nitrogens is 2. The van der Waals surface area contributed by atoms with Crippen molar-refractivity contribution in [2.24, 2.45) is 0 Å². The Hall–Kier alpha value is -2.15. The molecule has 2 aromatic rings. The summed E-state index contributed by atoms with van der Waals surface area (Å²) >= 11 is 1.23. The minimum absolute atomic E-state index is 0.0123. The highest BCUT2D eigenvalue weighted by molar-refractivity contribution is 6.99. The Kier molecular flexibility index (Phi) is 4.34. The third kappa shape index (κ3) is 3.21. The fourth-order valence-corrected chi connectivity index (χ4v) is 3.79. The van der Waals surface area contributed by atoms with Gasteiger partial charge in [0.25, 0.3) is 5.91 Å². The van der Waals surface area contributed by atoms with E-state index < -0.39 is 0 Å². The number of fused-ring (bicyclic) bond motifs is 1. The standard InChI is InChI=1S/C17H20N4O2S/c22-17(15-6-5-12-3-1-2-4-14(12)23-15)19-13-7-9-21(10-8-13)16-11-18-24-20-16/h1-4,11,13,15H,5-10H2,(H,19,22)/t15-/m1/s1. The average molecular weight is 344 g/mol. The molecule has 1 amide bonds. The van der Waals surface area contributed by atoms with Gasteiger partial charge in [0.15, 0.2) is 11.9 Å². The van der Waals surface area contributed by atoms with E-state index in [-0.39, 0.29) is 18.1 Å². The van der Waals surface area contributed by atoms with Crippen molar-refractivity contribution < 1.29 is 9.53 Å². The van der Waals surface area contributed by atoms with Gasteiger partial charge in [0.05, 0.1) is 17.9 Å². The highest BCUT2D eigenvalue weighted by Crippen LogP contribution is 2.27. The normalized spacial score (nSPS) is 21.0. The molecular formula is C17H20N4O2S. The second-order valence-electron chi connectivity index (χ2n) is 6.29. The highest BCUT2D eigenvalue weighted by atomic mass is 32.1. The number of nitrogens with zero attached hydrogens (tertiary/aromatic N) is 3. The van der Waals surface area contributed by atoms with Gasteiger partial charge < -0.3 is 15.0 Å². The van der Waals surface area contributed by atoms with E-state index in [1.165, 1.54) is 17.3 Å². The molecule has 126 valence electrons. The Morgan fingerprint density at radius 1 is 1.25 bits per heavy atom. The number of nitrogens with one attached hydrogen (secondary N) is 1. The first-order valence-electron chi connectivity index (χ1n) is 8.37. The van der Waals surface area contributed by atoms with Crippen molar-refractivity contribution in [3.8, 4) is 5.75 Å². The molecule has 1 saturated heterocycles. The van der Waals surface area contributed by atoms with Gasteiger partial charge in [-0.25, -0.2) is 0 Å². The molecule has 0 bridgehead atoms. The van der Waals surface area contributed by atoms with Gasteiger partial charge in [0, 0.05) is 19.1 Å². The number of piperidine rings is 1. The molecule has 0 unspecified atom stereocenters. The summed E-state index contributed by atoms with van der Waals surface area (Å²) in [5.74, 6) is 1.80. The molecule has 1 aromatic heterocycles. The summed E-state index contributed by atoms with van der Waals surface area (Å²) in [6, 6.07) is 8.17. The largest absolute Gasteiger partial charge is 0.480 e. The van der Waals surface area contributed by atoms with Crippen molar-refractivity contribution in [1.29, 1.82) is 0 Å². The first-order chi connectivity index (χ1) is 11.8. The smallest absolute Gasteiger partial charge is 0.261 e. The number of hydrogen-bond acceptors (Lipinski definition) is 6. The predicted molar refractivity (Wildman–Crippen MR) is 92.5 cm³/mol. The van der Waals surface area contributed by atoms with Gasteiger partial charge in [-0.1, -0.05) is 18.2 Å². The van der Waals surface area contributed by atoms with Gasteiger partial charge >= 0.3 is 0 Å². The molecule has 2 aliphatic rings. The van der Waals surface area contributed by atoms with Crippen LogP contribution in [0.15, 0.2) is 30.5 Å². The number of benzene rings is 1. The number of amides is 1. The summed E-state index contributed by atoms with van der Waals surface area (Å²) in [5.41, 5.74) is 1.19. The zero-order valence-electron chi connectivity index (χ0n) is 13.4. The van der Waals surface area contributed by atoms with Crippen LogP contribution in [0.3, 0.4) is 0 Å². The number of carbonyl (C=O) groups is 1. The lowest BCUT2D eigenvalue weighted by molar-refractivity contribution is -0.129. The van der Waals surface area contributed by atoms with Crippen molar-refractivity contribution in [2.75, 3.05) is 18.0 Å². The SMILES string of the molecule is O=C(NC1CCN(c2cnsn2)CC1)[C@H]1CCc2ccccc2O1. The molecule has 1 aromatic carbocycles. The average Bonchev–Trinajstić information content (AvgIpc) is 3.16. The second kappa shape index (κ2) is 6.76. The van der Waals surface area contributed by atoms with Crippen LogP contribution >= 0.6 is 11.7 Å². The number of rotatable bonds is 3.